The first-order valence-corrected chi connectivity index (χ1v) is 8.51. The molecule has 0 spiro atoms. The average Bonchev–Trinajstić information content (AvgIpc) is 3.27. The van der Waals surface area contributed by atoms with Gasteiger partial charge >= 0.3 is 0 Å². The molecule has 1 N–H and O–H groups in total. The summed E-state index contributed by atoms with van der Waals surface area (Å²) >= 11 is 0. The van der Waals surface area contributed by atoms with Crippen LogP contribution in [0, 0.1) is 5.41 Å². The molecule has 3 nitrogen and oxygen atoms in total. The lowest BCUT2D eigenvalue weighted by Crippen LogP contribution is -2.26. The van der Waals surface area contributed by atoms with E-state index in [1.54, 1.807) is 0 Å². The molecular weight excluding hydrogens is 258 g/mol. The monoisotopic (exact) mass is 287 g/mol. The Bertz CT molecular complexity index is 465. The van der Waals surface area contributed by atoms with Crippen molar-refractivity contribution in [2.75, 3.05) is 13.1 Å². The number of hydrogen-bond donors (Lipinski definition) is 1. The molecule has 1 aliphatic heterocycles. The Balaban J connectivity index is 1.55. The maximum atomic E-state index is 4.83. The van der Waals surface area contributed by atoms with Gasteiger partial charge in [0, 0.05) is 19.1 Å². The fourth-order valence-electron chi connectivity index (χ4n) is 3.12. The first-order chi connectivity index (χ1) is 10.1. The molecule has 0 aromatic carbocycles. The fraction of sp³-hybridized carbons (Fsp3) is 0.722. The number of likely N-dealkylation sites (tertiary alicyclic amines) is 1. The van der Waals surface area contributed by atoms with Crippen LogP contribution in [0.25, 0.3) is 0 Å². The third-order valence-corrected chi connectivity index (χ3v) is 4.83. The second kappa shape index (κ2) is 6.45. The molecule has 0 radical (unpaired) electrons. The number of pyridine rings is 1. The summed E-state index contributed by atoms with van der Waals surface area (Å²) < 4.78 is 0. The van der Waals surface area contributed by atoms with E-state index in [1.165, 1.54) is 56.6 Å². The SMILES string of the molecule is CC1(C)CCCN(Cc2cccc(CNC3CC3)n2)CC1. The van der Waals surface area contributed by atoms with Crippen molar-refractivity contribution in [3.05, 3.63) is 29.6 Å². The van der Waals surface area contributed by atoms with Crippen LogP contribution in [0.15, 0.2) is 18.2 Å². The smallest absolute Gasteiger partial charge is 0.0547 e. The molecule has 116 valence electrons. The van der Waals surface area contributed by atoms with E-state index in [2.05, 4.69) is 42.3 Å². The Morgan fingerprint density at radius 3 is 2.81 bits per heavy atom. The van der Waals surface area contributed by atoms with Gasteiger partial charge in [0.15, 0.2) is 0 Å². The quantitative estimate of drug-likeness (QED) is 0.900. The Kier molecular flexibility index (Phi) is 4.60. The Hall–Kier alpha value is -0.930. The van der Waals surface area contributed by atoms with Crippen molar-refractivity contribution in [2.24, 2.45) is 5.41 Å². The van der Waals surface area contributed by atoms with Gasteiger partial charge in [0.1, 0.15) is 0 Å². The van der Waals surface area contributed by atoms with Crippen LogP contribution in [0.2, 0.25) is 0 Å². The summed E-state index contributed by atoms with van der Waals surface area (Å²) in [5.41, 5.74) is 2.93. The third-order valence-electron chi connectivity index (χ3n) is 4.83. The predicted octanol–water partition coefficient (Wildman–Crippen LogP) is 3.35. The van der Waals surface area contributed by atoms with Crippen LogP contribution in [0.1, 0.15) is 57.3 Å². The number of nitrogens with zero attached hydrogens (tertiary/aromatic N) is 2. The molecule has 1 aliphatic carbocycles. The zero-order valence-electron chi connectivity index (χ0n) is 13.6. The summed E-state index contributed by atoms with van der Waals surface area (Å²) in [5.74, 6) is 0. The molecule has 0 amide bonds. The lowest BCUT2D eigenvalue weighted by Gasteiger charge is -2.23. The minimum absolute atomic E-state index is 0.512. The van der Waals surface area contributed by atoms with Crippen LogP contribution in [-0.4, -0.2) is 29.0 Å². The lowest BCUT2D eigenvalue weighted by molar-refractivity contribution is 0.253. The first-order valence-electron chi connectivity index (χ1n) is 8.51. The van der Waals surface area contributed by atoms with Gasteiger partial charge in [-0.15, -0.1) is 0 Å². The Labute approximate surface area is 129 Å². The molecule has 0 unspecified atom stereocenters. The van der Waals surface area contributed by atoms with Gasteiger partial charge in [0.2, 0.25) is 0 Å². The number of hydrogen-bond acceptors (Lipinski definition) is 3. The van der Waals surface area contributed by atoms with Crippen molar-refractivity contribution in [1.82, 2.24) is 15.2 Å². The normalized spacial score (nSPS) is 23.0. The zero-order chi connectivity index (χ0) is 14.7. The number of nitrogens with one attached hydrogen (secondary N) is 1. The maximum Gasteiger partial charge on any atom is 0.0547 e. The molecular formula is C18H29N3. The van der Waals surface area contributed by atoms with Crippen molar-refractivity contribution in [1.29, 1.82) is 0 Å². The van der Waals surface area contributed by atoms with Crippen LogP contribution >= 0.6 is 0 Å². The second-order valence-corrected chi connectivity index (χ2v) is 7.57. The molecule has 3 rings (SSSR count). The van der Waals surface area contributed by atoms with Crippen molar-refractivity contribution >= 4 is 0 Å². The molecule has 1 aromatic heterocycles. The van der Waals surface area contributed by atoms with Gasteiger partial charge in [-0.05, 0) is 62.7 Å². The maximum absolute atomic E-state index is 4.83. The number of aromatic nitrogens is 1. The highest BCUT2D eigenvalue weighted by Crippen LogP contribution is 2.30. The summed E-state index contributed by atoms with van der Waals surface area (Å²) in [6.07, 6.45) is 6.64. The number of rotatable bonds is 5. The lowest BCUT2D eigenvalue weighted by atomic mass is 9.85. The second-order valence-electron chi connectivity index (χ2n) is 7.57. The van der Waals surface area contributed by atoms with Crippen LogP contribution in [0.4, 0.5) is 0 Å². The van der Waals surface area contributed by atoms with E-state index in [4.69, 9.17) is 4.98 Å². The predicted molar refractivity (Wildman–Crippen MR) is 87.0 cm³/mol. The van der Waals surface area contributed by atoms with Crippen LogP contribution < -0.4 is 5.32 Å². The summed E-state index contributed by atoms with van der Waals surface area (Å²) in [4.78, 5) is 7.41. The molecule has 1 saturated carbocycles. The average molecular weight is 287 g/mol. The van der Waals surface area contributed by atoms with Crippen molar-refractivity contribution in [2.45, 2.75) is 65.1 Å². The summed E-state index contributed by atoms with van der Waals surface area (Å²) in [7, 11) is 0. The van der Waals surface area contributed by atoms with Crippen LogP contribution in [-0.2, 0) is 13.1 Å². The van der Waals surface area contributed by atoms with Gasteiger partial charge in [-0.2, -0.15) is 0 Å². The van der Waals surface area contributed by atoms with E-state index < -0.39 is 0 Å². The molecule has 0 bridgehead atoms. The minimum Gasteiger partial charge on any atom is -0.308 e. The van der Waals surface area contributed by atoms with Gasteiger partial charge < -0.3 is 5.32 Å². The van der Waals surface area contributed by atoms with Crippen LogP contribution in [0.3, 0.4) is 0 Å². The molecule has 21 heavy (non-hydrogen) atoms. The van der Waals surface area contributed by atoms with Crippen LogP contribution in [0.5, 0.6) is 0 Å². The largest absolute Gasteiger partial charge is 0.308 e. The molecule has 2 fully saturated rings. The van der Waals surface area contributed by atoms with Gasteiger partial charge in [0.05, 0.1) is 11.4 Å². The molecule has 0 atom stereocenters. The molecule has 1 saturated heterocycles. The summed E-state index contributed by atoms with van der Waals surface area (Å²) in [5, 5.41) is 3.55. The topological polar surface area (TPSA) is 28.2 Å². The zero-order valence-corrected chi connectivity index (χ0v) is 13.6. The fourth-order valence-corrected chi connectivity index (χ4v) is 3.12. The van der Waals surface area contributed by atoms with Crippen molar-refractivity contribution < 1.29 is 0 Å². The van der Waals surface area contributed by atoms with E-state index >= 15 is 0 Å². The molecule has 2 heterocycles. The van der Waals surface area contributed by atoms with Gasteiger partial charge in [-0.1, -0.05) is 19.9 Å². The van der Waals surface area contributed by atoms with E-state index in [0.29, 0.717) is 5.41 Å². The third kappa shape index (κ3) is 4.79. The Morgan fingerprint density at radius 1 is 1.19 bits per heavy atom. The van der Waals surface area contributed by atoms with E-state index in [0.717, 1.165) is 19.1 Å². The van der Waals surface area contributed by atoms with E-state index in [-0.39, 0.29) is 0 Å². The van der Waals surface area contributed by atoms with Gasteiger partial charge in [0.25, 0.3) is 0 Å². The minimum atomic E-state index is 0.512. The van der Waals surface area contributed by atoms with Gasteiger partial charge in [-0.3, -0.25) is 9.88 Å². The first kappa shape index (κ1) is 15.0. The van der Waals surface area contributed by atoms with E-state index in [9.17, 15) is 0 Å². The molecule has 3 heteroatoms. The van der Waals surface area contributed by atoms with E-state index in [1.807, 2.05) is 0 Å². The summed E-state index contributed by atoms with van der Waals surface area (Å²) in [6.45, 7) is 9.16. The van der Waals surface area contributed by atoms with Crippen molar-refractivity contribution in [3.63, 3.8) is 0 Å². The molecule has 1 aromatic rings. The Morgan fingerprint density at radius 2 is 2.00 bits per heavy atom. The van der Waals surface area contributed by atoms with Crippen molar-refractivity contribution in [3.8, 4) is 0 Å². The van der Waals surface area contributed by atoms with Gasteiger partial charge in [-0.25, -0.2) is 0 Å². The molecule has 2 aliphatic rings. The highest BCUT2D eigenvalue weighted by atomic mass is 15.1. The summed E-state index contributed by atoms with van der Waals surface area (Å²) in [6, 6.07) is 7.23. The highest BCUT2D eigenvalue weighted by Gasteiger charge is 2.23. The standard InChI is InChI=1S/C18H29N3/c1-18(2)9-4-11-21(12-10-18)14-17-6-3-5-16(20-17)13-19-15-7-8-15/h3,5-6,15,19H,4,7-14H2,1-2H3. The highest BCUT2D eigenvalue weighted by molar-refractivity contribution is 5.11.